The van der Waals surface area contributed by atoms with Gasteiger partial charge >= 0.3 is 0 Å². The molecule has 2 aromatic carbocycles. The molecule has 0 N–H and O–H groups in total. The van der Waals surface area contributed by atoms with Gasteiger partial charge in [-0.05, 0) is 61.7 Å². The van der Waals surface area contributed by atoms with Crippen molar-refractivity contribution in [3.8, 4) is 0 Å². The molecule has 0 radical (unpaired) electrons. The lowest BCUT2D eigenvalue weighted by Crippen LogP contribution is -2.37. The van der Waals surface area contributed by atoms with Gasteiger partial charge in [-0.2, -0.15) is 0 Å². The number of likely N-dealkylation sites (tertiary alicyclic amines) is 1. The lowest BCUT2D eigenvalue weighted by molar-refractivity contribution is -0.132. The lowest BCUT2D eigenvalue weighted by atomic mass is 10.1. The van der Waals surface area contributed by atoms with Crippen LogP contribution in [0.4, 0.5) is 5.69 Å². The zero-order valence-corrected chi connectivity index (χ0v) is 21.1. The fraction of sp³-hybridized carbons (Fsp3) is 0.321. The van der Waals surface area contributed by atoms with Crippen LogP contribution in [-0.4, -0.2) is 51.4 Å². The second-order valence-electron chi connectivity index (χ2n) is 9.17. The largest absolute Gasteiger partial charge is 0.341 e. The summed E-state index contributed by atoms with van der Waals surface area (Å²) in [5.74, 6) is -0.00200. The average molecular weight is 487 g/mol. The molecule has 2 fully saturated rings. The van der Waals surface area contributed by atoms with Crippen LogP contribution in [0.15, 0.2) is 60.4 Å². The summed E-state index contributed by atoms with van der Waals surface area (Å²) in [5.41, 5.74) is 4.42. The number of hydrogen-bond acceptors (Lipinski definition) is 3. The maximum atomic E-state index is 13.4. The third-order valence-electron chi connectivity index (χ3n) is 6.98. The van der Waals surface area contributed by atoms with Crippen molar-refractivity contribution in [1.29, 1.82) is 0 Å². The number of nitrogens with zero attached hydrogens (tertiary/aromatic N) is 4. The molecular weight excluding hydrogens is 456 g/mol. The number of fused-ring (bicyclic) bond motifs is 1. The van der Waals surface area contributed by atoms with E-state index in [-0.39, 0.29) is 11.8 Å². The van der Waals surface area contributed by atoms with Gasteiger partial charge in [-0.25, -0.2) is 0 Å². The first-order chi connectivity index (χ1) is 17.0. The normalized spacial score (nSPS) is 17.8. The van der Waals surface area contributed by atoms with Crippen LogP contribution in [0.25, 0.3) is 17.0 Å². The summed E-state index contributed by atoms with van der Waals surface area (Å²) in [6.07, 6.45) is 8.11. The Balaban J connectivity index is 1.55. The van der Waals surface area contributed by atoms with Gasteiger partial charge in [-0.15, -0.1) is 0 Å². The van der Waals surface area contributed by atoms with Crippen LogP contribution >= 0.6 is 12.2 Å². The van der Waals surface area contributed by atoms with E-state index in [9.17, 15) is 9.59 Å². The van der Waals surface area contributed by atoms with Gasteiger partial charge < -0.3 is 14.4 Å². The van der Waals surface area contributed by atoms with Crippen LogP contribution in [0.2, 0.25) is 0 Å². The maximum Gasteiger partial charge on any atom is 0.281 e. The first kappa shape index (κ1) is 23.3. The molecule has 0 aliphatic carbocycles. The highest BCUT2D eigenvalue weighted by molar-refractivity contribution is 7.80. The summed E-state index contributed by atoms with van der Waals surface area (Å²) in [6.45, 7) is 4.10. The number of piperidine rings is 1. The van der Waals surface area contributed by atoms with Crippen molar-refractivity contribution in [2.45, 2.75) is 39.2 Å². The monoisotopic (exact) mass is 486 g/mol. The molecule has 2 aliphatic heterocycles. The lowest BCUT2D eigenvalue weighted by Gasteiger charge is -2.27. The Kier molecular flexibility index (Phi) is 6.43. The van der Waals surface area contributed by atoms with Crippen LogP contribution in [0.1, 0.15) is 37.3 Å². The van der Waals surface area contributed by atoms with Crippen LogP contribution in [0.3, 0.4) is 0 Å². The number of carbonyl (C=O) groups excluding carboxylic acids is 2. The van der Waals surface area contributed by atoms with E-state index in [1.165, 1.54) is 12.0 Å². The molecule has 0 atom stereocenters. The molecule has 7 heteroatoms. The number of anilines is 1. The molecule has 35 heavy (non-hydrogen) atoms. The van der Waals surface area contributed by atoms with E-state index in [4.69, 9.17) is 12.2 Å². The standard InChI is InChI=1S/C28H30N4O2S/c1-3-20-11-10-14-23-21(18-31(26(20)23)19-25(33)30-15-8-5-9-16-30)17-24-27(34)32(28(35)29(24)2)22-12-6-4-7-13-22/h4,6-7,10-14,17-18H,3,5,8-9,15-16,19H2,1-2H3/b24-17-. The Hall–Kier alpha value is -3.45. The number of para-hydroxylation sites is 2. The fourth-order valence-corrected chi connectivity index (χ4v) is 5.37. The third kappa shape index (κ3) is 4.25. The molecule has 5 rings (SSSR count). The van der Waals surface area contributed by atoms with Gasteiger partial charge in [0, 0.05) is 37.3 Å². The van der Waals surface area contributed by atoms with Gasteiger partial charge in [-0.3, -0.25) is 14.5 Å². The van der Waals surface area contributed by atoms with Crippen LogP contribution in [0, 0.1) is 0 Å². The van der Waals surface area contributed by atoms with Crippen molar-refractivity contribution in [3.05, 3.63) is 71.6 Å². The minimum absolute atomic E-state index is 0.150. The van der Waals surface area contributed by atoms with E-state index in [1.807, 2.05) is 60.6 Å². The summed E-state index contributed by atoms with van der Waals surface area (Å²) in [4.78, 5) is 31.9. The number of hydrogen-bond donors (Lipinski definition) is 0. The molecule has 3 aromatic rings. The van der Waals surface area contributed by atoms with Crippen molar-refractivity contribution in [2.24, 2.45) is 0 Å². The molecular formula is C28H30N4O2S. The summed E-state index contributed by atoms with van der Waals surface area (Å²) < 4.78 is 2.06. The highest BCUT2D eigenvalue weighted by atomic mass is 32.1. The Morgan fingerprint density at radius 2 is 1.77 bits per heavy atom. The minimum Gasteiger partial charge on any atom is -0.341 e. The Bertz CT molecular complexity index is 1320. The molecule has 1 aromatic heterocycles. The summed E-state index contributed by atoms with van der Waals surface area (Å²) >= 11 is 5.62. The van der Waals surface area contributed by atoms with Gasteiger partial charge in [0.05, 0.1) is 11.2 Å². The molecule has 2 saturated heterocycles. The number of aromatic nitrogens is 1. The molecule has 0 unspecified atom stereocenters. The number of rotatable bonds is 5. The van der Waals surface area contributed by atoms with Crippen molar-refractivity contribution < 1.29 is 9.59 Å². The van der Waals surface area contributed by atoms with Gasteiger partial charge in [0.15, 0.2) is 5.11 Å². The van der Waals surface area contributed by atoms with Gasteiger partial charge in [0.2, 0.25) is 5.91 Å². The van der Waals surface area contributed by atoms with Crippen LogP contribution in [-0.2, 0) is 22.6 Å². The van der Waals surface area contributed by atoms with E-state index in [1.54, 1.807) is 9.80 Å². The summed E-state index contributed by atoms with van der Waals surface area (Å²) in [7, 11) is 1.82. The molecule has 2 aliphatic rings. The number of thiocarbonyl (C=S) groups is 1. The second kappa shape index (κ2) is 9.66. The number of amides is 2. The average Bonchev–Trinajstić information content (AvgIpc) is 3.34. The number of benzene rings is 2. The first-order valence-corrected chi connectivity index (χ1v) is 12.7. The molecule has 0 bridgehead atoms. The maximum absolute atomic E-state index is 13.4. The van der Waals surface area contributed by atoms with E-state index in [0.717, 1.165) is 54.5 Å². The highest BCUT2D eigenvalue weighted by Gasteiger charge is 2.37. The summed E-state index contributed by atoms with van der Waals surface area (Å²) in [5, 5.41) is 1.49. The predicted molar refractivity (Wildman–Crippen MR) is 144 cm³/mol. The van der Waals surface area contributed by atoms with E-state index in [2.05, 4.69) is 23.6 Å². The number of likely N-dealkylation sites (N-methyl/N-ethyl adjacent to an activating group) is 1. The minimum atomic E-state index is -0.152. The van der Waals surface area contributed by atoms with E-state index >= 15 is 0 Å². The zero-order chi connectivity index (χ0) is 24.5. The van der Waals surface area contributed by atoms with Gasteiger partial charge in [0.1, 0.15) is 12.2 Å². The Morgan fingerprint density at radius 1 is 1.03 bits per heavy atom. The molecule has 2 amide bonds. The highest BCUT2D eigenvalue weighted by Crippen LogP contribution is 2.31. The Morgan fingerprint density at radius 3 is 2.49 bits per heavy atom. The van der Waals surface area contributed by atoms with Crippen molar-refractivity contribution in [1.82, 2.24) is 14.4 Å². The summed E-state index contributed by atoms with van der Waals surface area (Å²) in [6, 6.07) is 15.7. The number of aryl methyl sites for hydroxylation is 1. The van der Waals surface area contributed by atoms with Crippen molar-refractivity contribution in [2.75, 3.05) is 25.0 Å². The van der Waals surface area contributed by atoms with Crippen LogP contribution < -0.4 is 4.90 Å². The van der Waals surface area contributed by atoms with Gasteiger partial charge in [-0.1, -0.05) is 43.3 Å². The molecule has 6 nitrogen and oxygen atoms in total. The second-order valence-corrected chi connectivity index (χ2v) is 9.53. The molecule has 0 spiro atoms. The zero-order valence-electron chi connectivity index (χ0n) is 20.2. The first-order valence-electron chi connectivity index (χ1n) is 12.3. The van der Waals surface area contributed by atoms with Crippen molar-refractivity contribution in [3.63, 3.8) is 0 Å². The van der Waals surface area contributed by atoms with E-state index in [0.29, 0.717) is 17.4 Å². The van der Waals surface area contributed by atoms with Gasteiger partial charge in [0.25, 0.3) is 5.91 Å². The molecule has 0 saturated carbocycles. The quantitative estimate of drug-likeness (QED) is 0.383. The predicted octanol–water partition coefficient (Wildman–Crippen LogP) is 4.82. The van der Waals surface area contributed by atoms with Crippen LogP contribution in [0.5, 0.6) is 0 Å². The topological polar surface area (TPSA) is 48.8 Å². The third-order valence-corrected chi connectivity index (χ3v) is 7.43. The molecule has 180 valence electrons. The molecule has 3 heterocycles. The Labute approximate surface area is 211 Å². The van der Waals surface area contributed by atoms with Crippen molar-refractivity contribution >= 4 is 51.8 Å². The SMILES string of the molecule is CCc1cccc2c(/C=C3/C(=O)N(c4ccccc4)C(=S)N3C)cn(CC(=O)N3CCCCC3)c12. The van der Waals surface area contributed by atoms with E-state index < -0.39 is 0 Å². The smallest absolute Gasteiger partial charge is 0.281 e. The number of carbonyl (C=O) groups is 2. The fourth-order valence-electron chi connectivity index (χ4n) is 5.09.